The maximum absolute atomic E-state index is 10.8. The van der Waals surface area contributed by atoms with Crippen LogP contribution >= 0.6 is 0 Å². The van der Waals surface area contributed by atoms with Crippen LogP contribution in [0.5, 0.6) is 0 Å². The Morgan fingerprint density at radius 2 is 0.688 bits per heavy atom. The van der Waals surface area contributed by atoms with E-state index in [9.17, 15) is 4.79 Å². The molecule has 0 saturated heterocycles. The van der Waals surface area contributed by atoms with Gasteiger partial charge in [-0.15, -0.1) is 0 Å². The van der Waals surface area contributed by atoms with Crippen molar-refractivity contribution in [2.45, 2.75) is 219 Å². The molecular formula is C45H85NO2. The van der Waals surface area contributed by atoms with Gasteiger partial charge in [0.2, 0.25) is 0 Å². The van der Waals surface area contributed by atoms with Crippen molar-refractivity contribution >= 4 is 5.97 Å². The quantitative estimate of drug-likeness (QED) is 0.0531. The second kappa shape index (κ2) is 40.1. The SMILES string of the molecule is CCCCCCCCCCCCCCCCCCN(C)CCCCCCCCCCCCCCCCCC.COC(=O)c1ccccc1. The van der Waals surface area contributed by atoms with Crippen molar-refractivity contribution in [3.8, 4) is 0 Å². The Hall–Kier alpha value is -1.35. The summed E-state index contributed by atoms with van der Waals surface area (Å²) in [5.74, 6) is -0.291. The average molecular weight is 672 g/mol. The van der Waals surface area contributed by atoms with E-state index in [-0.39, 0.29) is 5.97 Å². The number of ether oxygens (including phenoxy) is 1. The summed E-state index contributed by atoms with van der Waals surface area (Å²) >= 11 is 0. The lowest BCUT2D eigenvalue weighted by atomic mass is 10.0. The molecule has 0 spiro atoms. The van der Waals surface area contributed by atoms with Crippen molar-refractivity contribution in [1.82, 2.24) is 4.90 Å². The molecule has 0 fully saturated rings. The molecule has 1 rings (SSSR count). The fourth-order valence-electron chi connectivity index (χ4n) is 6.66. The van der Waals surface area contributed by atoms with Crippen LogP contribution in [0.25, 0.3) is 0 Å². The molecule has 0 heterocycles. The van der Waals surface area contributed by atoms with E-state index >= 15 is 0 Å². The Morgan fingerprint density at radius 1 is 0.438 bits per heavy atom. The van der Waals surface area contributed by atoms with E-state index in [1.165, 1.54) is 226 Å². The molecule has 0 radical (unpaired) electrons. The third kappa shape index (κ3) is 35.9. The summed E-state index contributed by atoms with van der Waals surface area (Å²) in [6.45, 7) is 7.25. The van der Waals surface area contributed by atoms with Gasteiger partial charge >= 0.3 is 5.97 Å². The van der Waals surface area contributed by atoms with Crippen molar-refractivity contribution in [1.29, 1.82) is 0 Å². The molecule has 1 aromatic rings. The van der Waals surface area contributed by atoms with Gasteiger partial charge < -0.3 is 9.64 Å². The Morgan fingerprint density at radius 3 is 0.938 bits per heavy atom. The van der Waals surface area contributed by atoms with Crippen molar-refractivity contribution in [2.24, 2.45) is 0 Å². The Labute approximate surface area is 302 Å². The van der Waals surface area contributed by atoms with Gasteiger partial charge in [-0.1, -0.05) is 225 Å². The number of benzene rings is 1. The molecule has 0 amide bonds. The van der Waals surface area contributed by atoms with Crippen molar-refractivity contribution in [3.05, 3.63) is 35.9 Å². The minimum atomic E-state index is -0.291. The highest BCUT2D eigenvalue weighted by molar-refractivity contribution is 5.89. The fourth-order valence-corrected chi connectivity index (χ4v) is 6.66. The number of unbranched alkanes of at least 4 members (excludes halogenated alkanes) is 30. The summed E-state index contributed by atoms with van der Waals surface area (Å²) < 4.78 is 4.50. The van der Waals surface area contributed by atoms with Crippen LogP contribution in [0.15, 0.2) is 30.3 Å². The Bertz CT molecular complexity index is 700. The van der Waals surface area contributed by atoms with E-state index in [0.29, 0.717) is 5.56 Å². The summed E-state index contributed by atoms with van der Waals surface area (Å²) in [5, 5.41) is 0. The van der Waals surface area contributed by atoms with E-state index in [0.717, 1.165) is 0 Å². The summed E-state index contributed by atoms with van der Waals surface area (Å²) in [6, 6.07) is 8.88. The first kappa shape index (κ1) is 46.6. The van der Waals surface area contributed by atoms with Gasteiger partial charge in [0.15, 0.2) is 0 Å². The standard InChI is InChI=1S/C37H77N.C8H8O2/c1-4-6-8-10-12-14-16-18-20-22-24-26-28-30-32-34-36-38(3)37-35-33-31-29-27-25-23-21-19-17-15-13-11-9-7-5-2;1-10-8(9)7-5-3-2-4-6-7/h4-37H2,1-3H3;2-6H,1H3. The molecule has 0 atom stereocenters. The van der Waals surface area contributed by atoms with E-state index in [1.54, 1.807) is 24.3 Å². The van der Waals surface area contributed by atoms with Crippen LogP contribution in [0.3, 0.4) is 0 Å². The van der Waals surface area contributed by atoms with Crippen molar-refractivity contribution in [2.75, 3.05) is 27.2 Å². The highest BCUT2D eigenvalue weighted by Crippen LogP contribution is 2.15. The zero-order valence-electron chi connectivity index (χ0n) is 33.2. The molecule has 1 aromatic carbocycles. The van der Waals surface area contributed by atoms with E-state index in [4.69, 9.17) is 0 Å². The number of methoxy groups -OCH3 is 1. The van der Waals surface area contributed by atoms with Crippen LogP contribution in [0, 0.1) is 0 Å². The summed E-state index contributed by atoms with van der Waals surface area (Å²) in [5.41, 5.74) is 0.588. The lowest BCUT2D eigenvalue weighted by Crippen LogP contribution is -2.20. The van der Waals surface area contributed by atoms with Crippen molar-refractivity contribution in [3.63, 3.8) is 0 Å². The number of nitrogens with zero attached hydrogens (tertiary/aromatic N) is 1. The first-order valence-corrected chi connectivity index (χ1v) is 21.5. The van der Waals surface area contributed by atoms with Gasteiger partial charge in [0, 0.05) is 0 Å². The van der Waals surface area contributed by atoms with Crippen LogP contribution in [0.4, 0.5) is 0 Å². The van der Waals surface area contributed by atoms with E-state index in [2.05, 4.69) is 30.5 Å². The fraction of sp³-hybridized carbons (Fsp3) is 0.844. The molecule has 0 bridgehead atoms. The average Bonchev–Trinajstić information content (AvgIpc) is 3.11. The van der Waals surface area contributed by atoms with Crippen LogP contribution in [0.1, 0.15) is 230 Å². The number of carbonyl (C=O) groups excluding carboxylic acids is 1. The molecular weight excluding hydrogens is 587 g/mol. The van der Waals surface area contributed by atoms with Gasteiger partial charge in [0.25, 0.3) is 0 Å². The Balaban J connectivity index is 0.00000186. The number of hydrogen-bond acceptors (Lipinski definition) is 3. The molecule has 0 aromatic heterocycles. The predicted molar refractivity (Wildman–Crippen MR) is 214 cm³/mol. The largest absolute Gasteiger partial charge is 0.465 e. The van der Waals surface area contributed by atoms with E-state index in [1.807, 2.05) is 6.07 Å². The molecule has 48 heavy (non-hydrogen) atoms. The maximum atomic E-state index is 10.8. The minimum absolute atomic E-state index is 0.291. The van der Waals surface area contributed by atoms with Crippen molar-refractivity contribution < 1.29 is 9.53 Å². The van der Waals surface area contributed by atoms with Gasteiger partial charge in [-0.2, -0.15) is 0 Å². The minimum Gasteiger partial charge on any atom is -0.465 e. The molecule has 0 N–H and O–H groups in total. The van der Waals surface area contributed by atoms with Gasteiger partial charge in [0.1, 0.15) is 0 Å². The van der Waals surface area contributed by atoms with Gasteiger partial charge in [-0.05, 0) is 45.1 Å². The Kier molecular flexibility index (Phi) is 39.0. The maximum Gasteiger partial charge on any atom is 0.337 e. The molecule has 0 aliphatic carbocycles. The lowest BCUT2D eigenvalue weighted by Gasteiger charge is -2.16. The topological polar surface area (TPSA) is 29.5 Å². The highest BCUT2D eigenvalue weighted by Gasteiger charge is 2.01. The first-order chi connectivity index (χ1) is 23.7. The van der Waals surface area contributed by atoms with Crippen LogP contribution in [0.2, 0.25) is 0 Å². The predicted octanol–water partition coefficient (Wildman–Crippen LogP) is 14.9. The highest BCUT2D eigenvalue weighted by atomic mass is 16.5. The van der Waals surface area contributed by atoms with Crippen LogP contribution in [-0.2, 0) is 4.74 Å². The third-order valence-electron chi connectivity index (χ3n) is 9.98. The molecule has 3 heteroatoms. The summed E-state index contributed by atoms with van der Waals surface area (Å²) in [7, 11) is 3.71. The van der Waals surface area contributed by atoms with Gasteiger partial charge in [-0.3, -0.25) is 0 Å². The number of carbonyl (C=O) groups is 1. The number of rotatable bonds is 35. The first-order valence-electron chi connectivity index (χ1n) is 21.5. The normalized spacial score (nSPS) is 11.1. The molecule has 282 valence electrons. The molecule has 3 nitrogen and oxygen atoms in total. The summed E-state index contributed by atoms with van der Waals surface area (Å²) in [4.78, 5) is 13.4. The summed E-state index contributed by atoms with van der Waals surface area (Å²) in [6.07, 6.45) is 46.8. The van der Waals surface area contributed by atoms with E-state index < -0.39 is 0 Å². The second-order valence-corrected chi connectivity index (χ2v) is 14.8. The molecule has 0 saturated carbocycles. The molecule has 0 aliphatic rings. The van der Waals surface area contributed by atoms with Crippen LogP contribution in [-0.4, -0.2) is 38.1 Å². The van der Waals surface area contributed by atoms with Gasteiger partial charge in [-0.25, -0.2) is 4.79 Å². The zero-order chi connectivity index (χ0) is 35.0. The third-order valence-corrected chi connectivity index (χ3v) is 9.98. The number of esters is 1. The second-order valence-electron chi connectivity index (χ2n) is 14.8. The van der Waals surface area contributed by atoms with Crippen LogP contribution < -0.4 is 0 Å². The smallest absolute Gasteiger partial charge is 0.337 e. The van der Waals surface area contributed by atoms with Gasteiger partial charge in [0.05, 0.1) is 12.7 Å². The molecule has 0 unspecified atom stereocenters. The zero-order valence-corrected chi connectivity index (χ0v) is 33.2. The monoisotopic (exact) mass is 672 g/mol. The molecule has 0 aliphatic heterocycles. The number of hydrogen-bond donors (Lipinski definition) is 0. The lowest BCUT2D eigenvalue weighted by molar-refractivity contribution is 0.0600.